The molecule has 4 aliphatic carbocycles. The summed E-state index contributed by atoms with van der Waals surface area (Å²) in [5, 5.41) is 22.9. The summed E-state index contributed by atoms with van der Waals surface area (Å²) in [5.41, 5.74) is 1.80. The smallest absolute Gasteiger partial charge is 0.153 e. The number of aliphatic hydroxyl groups is 2. The number of aromatic nitrogens is 1. The zero-order chi connectivity index (χ0) is 25.4. The highest BCUT2D eigenvalue weighted by molar-refractivity contribution is 7.18. The zero-order valence-corrected chi connectivity index (χ0v) is 23.3. The van der Waals surface area contributed by atoms with Crippen molar-refractivity contribution in [1.29, 1.82) is 0 Å². The van der Waals surface area contributed by atoms with Crippen LogP contribution in [0, 0.1) is 59.1 Å². The molecule has 0 saturated heterocycles. The standard InChI is InChI=1S/C31H44FNO2S/c1-17(6-10-26-33-29-25(36-26)9-5-18(2)28(29)32)21-7-8-22-27-23(12-14-31(21,22)4)30(3)13-11-20(34)15-19(30)16-24(27)35/h5,9,17,19-24,27,34-35H,6-8,10-16H2,1-4H3/t17?,19-,20+,21+,22-,23-,24-,27-,30-,31+/m0/s1. The lowest BCUT2D eigenvalue weighted by Gasteiger charge is -2.62. The molecule has 198 valence electrons. The number of nitrogens with zero attached hydrogens (tertiary/aromatic N) is 1. The van der Waals surface area contributed by atoms with E-state index >= 15 is 0 Å². The Hall–Kier alpha value is -1.04. The van der Waals surface area contributed by atoms with E-state index in [1.807, 2.05) is 19.1 Å². The molecular weight excluding hydrogens is 469 g/mol. The van der Waals surface area contributed by atoms with Crippen LogP contribution in [0.5, 0.6) is 0 Å². The van der Waals surface area contributed by atoms with Crippen molar-refractivity contribution >= 4 is 21.6 Å². The van der Waals surface area contributed by atoms with Crippen LogP contribution in [0.25, 0.3) is 10.2 Å². The van der Waals surface area contributed by atoms with E-state index in [-0.39, 0.29) is 23.4 Å². The molecule has 4 aliphatic rings. The Morgan fingerprint density at radius 2 is 1.81 bits per heavy atom. The van der Waals surface area contributed by atoms with Gasteiger partial charge in [-0.1, -0.05) is 26.8 Å². The summed E-state index contributed by atoms with van der Waals surface area (Å²) in [6, 6.07) is 3.86. The second-order valence-corrected chi connectivity index (χ2v) is 14.7. The molecule has 1 heterocycles. The monoisotopic (exact) mass is 513 g/mol. The van der Waals surface area contributed by atoms with Gasteiger partial charge in [0.15, 0.2) is 5.82 Å². The molecule has 1 unspecified atom stereocenters. The fourth-order valence-electron chi connectivity index (χ4n) is 9.94. The van der Waals surface area contributed by atoms with Crippen LogP contribution in [-0.4, -0.2) is 27.4 Å². The van der Waals surface area contributed by atoms with E-state index in [4.69, 9.17) is 0 Å². The molecule has 0 radical (unpaired) electrons. The first-order valence-corrected chi connectivity index (χ1v) is 15.3. The van der Waals surface area contributed by atoms with Gasteiger partial charge < -0.3 is 10.2 Å². The van der Waals surface area contributed by atoms with Crippen molar-refractivity contribution in [3.05, 3.63) is 28.5 Å². The third-order valence-corrected chi connectivity index (χ3v) is 13.0. The van der Waals surface area contributed by atoms with Crippen LogP contribution in [0.2, 0.25) is 0 Å². The summed E-state index contributed by atoms with van der Waals surface area (Å²) in [6.07, 6.45) is 10.5. The first kappa shape index (κ1) is 25.2. The number of rotatable bonds is 4. The van der Waals surface area contributed by atoms with E-state index in [2.05, 4.69) is 25.8 Å². The van der Waals surface area contributed by atoms with E-state index in [1.54, 1.807) is 11.3 Å². The molecule has 2 N–H and O–H groups in total. The number of hydrogen-bond acceptors (Lipinski definition) is 4. The first-order chi connectivity index (χ1) is 17.1. The van der Waals surface area contributed by atoms with E-state index in [0.29, 0.717) is 52.0 Å². The Labute approximate surface area is 219 Å². The predicted molar refractivity (Wildman–Crippen MR) is 144 cm³/mol. The van der Waals surface area contributed by atoms with Gasteiger partial charge in [0.25, 0.3) is 0 Å². The van der Waals surface area contributed by atoms with Gasteiger partial charge >= 0.3 is 0 Å². The summed E-state index contributed by atoms with van der Waals surface area (Å²) >= 11 is 1.65. The fraction of sp³-hybridized carbons (Fsp3) is 0.774. The highest BCUT2D eigenvalue weighted by Crippen LogP contribution is 2.68. The molecule has 10 atom stereocenters. The molecule has 36 heavy (non-hydrogen) atoms. The van der Waals surface area contributed by atoms with Gasteiger partial charge in [-0.15, -0.1) is 11.3 Å². The molecule has 1 aromatic heterocycles. The minimum absolute atomic E-state index is 0.166. The van der Waals surface area contributed by atoms with Crippen molar-refractivity contribution < 1.29 is 14.6 Å². The number of benzene rings is 1. The Morgan fingerprint density at radius 3 is 2.61 bits per heavy atom. The Bertz CT molecular complexity index is 1130. The van der Waals surface area contributed by atoms with Crippen LogP contribution < -0.4 is 0 Å². The Kier molecular flexibility index (Phi) is 6.33. The average Bonchev–Trinajstić information content (AvgIpc) is 3.42. The molecule has 4 fully saturated rings. The maximum absolute atomic E-state index is 14.5. The topological polar surface area (TPSA) is 53.4 Å². The quantitative estimate of drug-likeness (QED) is 0.451. The molecular formula is C31H44FNO2S. The van der Waals surface area contributed by atoms with Crippen LogP contribution in [0.3, 0.4) is 0 Å². The van der Waals surface area contributed by atoms with Gasteiger partial charge in [-0.25, -0.2) is 9.37 Å². The maximum Gasteiger partial charge on any atom is 0.153 e. The number of aryl methyl sites for hydroxylation is 2. The third kappa shape index (κ3) is 3.81. The minimum atomic E-state index is -0.210. The Balaban J connectivity index is 1.17. The van der Waals surface area contributed by atoms with Crippen LogP contribution in [0.1, 0.15) is 89.1 Å². The maximum atomic E-state index is 14.5. The summed E-state index contributed by atoms with van der Waals surface area (Å²) in [7, 11) is 0. The van der Waals surface area contributed by atoms with E-state index < -0.39 is 0 Å². The van der Waals surface area contributed by atoms with E-state index in [0.717, 1.165) is 48.2 Å². The highest BCUT2D eigenvalue weighted by Gasteiger charge is 2.62. The van der Waals surface area contributed by atoms with Gasteiger partial charge in [0.1, 0.15) is 5.52 Å². The molecule has 0 spiro atoms. The normalized spacial score (nSPS) is 43.1. The highest BCUT2D eigenvalue weighted by atomic mass is 32.1. The lowest BCUT2D eigenvalue weighted by molar-refractivity contribution is -0.174. The van der Waals surface area contributed by atoms with Gasteiger partial charge in [0.2, 0.25) is 0 Å². The van der Waals surface area contributed by atoms with Gasteiger partial charge in [-0.3, -0.25) is 0 Å². The number of aliphatic hydroxyl groups excluding tert-OH is 2. The summed E-state index contributed by atoms with van der Waals surface area (Å²) in [6.45, 7) is 9.28. The van der Waals surface area contributed by atoms with Gasteiger partial charge in [0.05, 0.1) is 21.9 Å². The minimum Gasteiger partial charge on any atom is -0.393 e. The van der Waals surface area contributed by atoms with E-state index in [9.17, 15) is 14.6 Å². The van der Waals surface area contributed by atoms with Crippen molar-refractivity contribution in [3.8, 4) is 0 Å². The molecule has 1 aromatic carbocycles. The van der Waals surface area contributed by atoms with Crippen molar-refractivity contribution in [2.45, 2.75) is 104 Å². The lowest BCUT2D eigenvalue weighted by Crippen LogP contribution is -2.58. The lowest BCUT2D eigenvalue weighted by atomic mass is 9.43. The molecule has 6 rings (SSSR count). The van der Waals surface area contributed by atoms with Crippen LogP contribution in [-0.2, 0) is 6.42 Å². The molecule has 0 aliphatic heterocycles. The number of hydrogen-bond donors (Lipinski definition) is 2. The fourth-order valence-corrected chi connectivity index (χ4v) is 10.9. The van der Waals surface area contributed by atoms with Crippen molar-refractivity contribution in [1.82, 2.24) is 4.98 Å². The van der Waals surface area contributed by atoms with Crippen molar-refractivity contribution in [2.75, 3.05) is 0 Å². The van der Waals surface area contributed by atoms with Crippen molar-refractivity contribution in [3.63, 3.8) is 0 Å². The first-order valence-electron chi connectivity index (χ1n) is 14.5. The van der Waals surface area contributed by atoms with Gasteiger partial charge in [-0.05, 0) is 129 Å². The molecule has 3 nitrogen and oxygen atoms in total. The van der Waals surface area contributed by atoms with Gasteiger partial charge in [0, 0.05) is 0 Å². The third-order valence-electron chi connectivity index (χ3n) is 12.0. The molecule has 2 aromatic rings. The van der Waals surface area contributed by atoms with Crippen molar-refractivity contribution in [2.24, 2.45) is 46.3 Å². The summed E-state index contributed by atoms with van der Waals surface area (Å²) < 4.78 is 15.5. The second-order valence-electron chi connectivity index (χ2n) is 13.6. The predicted octanol–water partition coefficient (Wildman–Crippen LogP) is 7.30. The summed E-state index contributed by atoms with van der Waals surface area (Å²) in [5.74, 6) is 3.23. The average molecular weight is 514 g/mol. The van der Waals surface area contributed by atoms with Gasteiger partial charge in [-0.2, -0.15) is 0 Å². The van der Waals surface area contributed by atoms with E-state index in [1.165, 1.54) is 25.7 Å². The number of fused-ring (bicyclic) bond motifs is 6. The molecule has 5 heteroatoms. The van der Waals surface area contributed by atoms with Crippen LogP contribution in [0.15, 0.2) is 12.1 Å². The molecule has 0 bridgehead atoms. The van der Waals surface area contributed by atoms with Crippen LogP contribution in [0.4, 0.5) is 4.39 Å². The largest absolute Gasteiger partial charge is 0.393 e. The molecule has 0 amide bonds. The van der Waals surface area contributed by atoms with Crippen LogP contribution >= 0.6 is 11.3 Å². The Morgan fingerprint density at radius 1 is 1.06 bits per heavy atom. The summed E-state index contributed by atoms with van der Waals surface area (Å²) in [4.78, 5) is 4.68. The number of thiazole rings is 1. The number of halogens is 1. The zero-order valence-electron chi connectivity index (χ0n) is 22.5. The SMILES string of the molecule is Cc1ccc2sc(CCC(C)[C@H]3CC[C@H]4[C@@H]5[C@@H](O)C[C@@H]6C[C@H](O)CC[C@]6(C)[C@H]5CC[C@]34C)nc2c1F. The second kappa shape index (κ2) is 9.02. The molecule has 4 saturated carbocycles.